The van der Waals surface area contributed by atoms with Gasteiger partial charge in [-0.15, -0.1) is 0 Å². The van der Waals surface area contributed by atoms with Gasteiger partial charge in [-0.1, -0.05) is 12.1 Å². The van der Waals surface area contributed by atoms with E-state index in [0.29, 0.717) is 59.5 Å². The maximum atomic E-state index is 15.4. The molecule has 2 amide bonds. The molecule has 1 aliphatic rings. The Morgan fingerprint density at radius 1 is 1.05 bits per heavy atom. The van der Waals surface area contributed by atoms with Gasteiger partial charge in [-0.05, 0) is 23.8 Å². The second-order valence-electron chi connectivity index (χ2n) is 9.07. The average molecular weight is 538 g/mol. The topological polar surface area (TPSA) is 133 Å². The predicted molar refractivity (Wildman–Crippen MR) is 140 cm³/mol. The van der Waals surface area contributed by atoms with Crippen molar-refractivity contribution in [3.63, 3.8) is 0 Å². The van der Waals surface area contributed by atoms with Crippen LogP contribution in [0.15, 0.2) is 36.5 Å². The number of hydrogen-bond donors (Lipinski definition) is 2. The lowest BCUT2D eigenvalue weighted by molar-refractivity contribution is -0.141. The third kappa shape index (κ3) is 5.39. The Labute approximate surface area is 222 Å². The molecule has 39 heavy (non-hydrogen) atoms. The van der Waals surface area contributed by atoms with E-state index in [-0.39, 0.29) is 25.5 Å². The van der Waals surface area contributed by atoms with E-state index in [2.05, 4.69) is 25.4 Å². The Morgan fingerprint density at radius 2 is 1.82 bits per heavy atom. The minimum atomic E-state index is -0.594. The van der Waals surface area contributed by atoms with Gasteiger partial charge in [-0.25, -0.2) is 4.39 Å². The van der Waals surface area contributed by atoms with Crippen LogP contribution in [-0.2, 0) is 37.4 Å². The smallest absolute Gasteiger partial charge is 0.325 e. The molecule has 2 aromatic heterocycles. The maximum absolute atomic E-state index is 15.4. The van der Waals surface area contributed by atoms with Gasteiger partial charge in [0.15, 0.2) is 5.82 Å². The van der Waals surface area contributed by atoms with Crippen molar-refractivity contribution in [2.45, 2.75) is 6.54 Å². The Balaban J connectivity index is 1.48. The summed E-state index contributed by atoms with van der Waals surface area (Å²) in [5.74, 6) is -1.34. The summed E-state index contributed by atoms with van der Waals surface area (Å²) in [6, 6.07) is 8.70. The van der Waals surface area contributed by atoms with E-state index >= 15 is 4.39 Å². The summed E-state index contributed by atoms with van der Waals surface area (Å²) in [7, 11) is 3.02. The van der Waals surface area contributed by atoms with Crippen molar-refractivity contribution < 1.29 is 28.2 Å². The summed E-state index contributed by atoms with van der Waals surface area (Å²) in [5, 5.41) is 15.3. The van der Waals surface area contributed by atoms with Crippen molar-refractivity contribution in [3.05, 3.63) is 42.3 Å². The number of fused-ring (bicyclic) bond motifs is 2. The van der Waals surface area contributed by atoms with Crippen LogP contribution in [0.3, 0.4) is 0 Å². The minimum Gasteiger partial charge on any atom is -0.468 e. The largest absolute Gasteiger partial charge is 0.468 e. The van der Waals surface area contributed by atoms with Gasteiger partial charge in [0.05, 0.1) is 49.5 Å². The van der Waals surface area contributed by atoms with Crippen molar-refractivity contribution in [2.24, 2.45) is 7.05 Å². The molecule has 0 bridgehead atoms. The third-order valence-corrected chi connectivity index (χ3v) is 6.59. The molecular formula is C26H28FN7O5. The van der Waals surface area contributed by atoms with Crippen LogP contribution in [0.5, 0.6) is 0 Å². The number of amides is 2. The molecule has 0 atom stereocenters. The van der Waals surface area contributed by atoms with E-state index in [4.69, 9.17) is 9.84 Å². The molecule has 2 aromatic carbocycles. The molecule has 13 heteroatoms. The van der Waals surface area contributed by atoms with E-state index in [0.717, 1.165) is 5.52 Å². The summed E-state index contributed by atoms with van der Waals surface area (Å²) in [4.78, 5) is 38.0. The Bertz CT molecular complexity index is 1560. The van der Waals surface area contributed by atoms with Gasteiger partial charge in [0, 0.05) is 31.1 Å². The third-order valence-electron chi connectivity index (χ3n) is 6.59. The first kappa shape index (κ1) is 26.1. The molecular weight excluding hydrogens is 509 g/mol. The fourth-order valence-corrected chi connectivity index (χ4v) is 4.60. The maximum Gasteiger partial charge on any atom is 0.325 e. The highest BCUT2D eigenvalue weighted by Crippen LogP contribution is 2.38. The fourth-order valence-electron chi connectivity index (χ4n) is 4.60. The van der Waals surface area contributed by atoms with Crippen LogP contribution >= 0.6 is 0 Å². The van der Waals surface area contributed by atoms with Gasteiger partial charge in [0.25, 0.3) is 0 Å². The first-order valence-electron chi connectivity index (χ1n) is 12.4. The number of rotatable bonds is 8. The standard InChI is InChI=1S/C26H28FN7O5/c1-32-21-11-18(19(27)10-16(21)12-30-32)17-4-3-5-20-25(17)26(33-6-8-39-9-7-33)31-34(20)15-23(36)28-13-22(35)29-14-24(37)38-2/h3-5,10-12H,6-9,13-15H2,1-2H3,(H,28,36)(H,29,35). The molecule has 0 spiro atoms. The molecule has 2 N–H and O–H groups in total. The number of methoxy groups -OCH3 is 1. The van der Waals surface area contributed by atoms with Crippen LogP contribution in [0.4, 0.5) is 10.2 Å². The van der Waals surface area contributed by atoms with Crippen molar-refractivity contribution in [1.29, 1.82) is 0 Å². The van der Waals surface area contributed by atoms with E-state index in [1.54, 1.807) is 34.7 Å². The monoisotopic (exact) mass is 537 g/mol. The number of anilines is 1. The summed E-state index contributed by atoms with van der Waals surface area (Å²) in [6.07, 6.45) is 1.62. The SMILES string of the molecule is COC(=O)CNC(=O)CNC(=O)Cn1nc(N2CCOCC2)c2c(-c3cc4c(cnn4C)cc3F)cccc21. The summed E-state index contributed by atoms with van der Waals surface area (Å²) < 4.78 is 28.6. The molecule has 1 aliphatic heterocycles. The highest BCUT2D eigenvalue weighted by molar-refractivity contribution is 6.04. The molecule has 5 rings (SSSR count). The van der Waals surface area contributed by atoms with Gasteiger partial charge < -0.3 is 25.0 Å². The molecule has 0 unspecified atom stereocenters. The van der Waals surface area contributed by atoms with Gasteiger partial charge >= 0.3 is 5.97 Å². The Kier molecular flexibility index (Phi) is 7.41. The van der Waals surface area contributed by atoms with Gasteiger partial charge in [-0.3, -0.25) is 23.7 Å². The van der Waals surface area contributed by atoms with Gasteiger partial charge in [-0.2, -0.15) is 10.2 Å². The van der Waals surface area contributed by atoms with Crippen molar-refractivity contribution in [3.8, 4) is 11.1 Å². The highest BCUT2D eigenvalue weighted by atomic mass is 19.1. The molecule has 12 nitrogen and oxygen atoms in total. The molecule has 204 valence electrons. The van der Waals surface area contributed by atoms with E-state index in [1.807, 2.05) is 12.1 Å². The highest BCUT2D eigenvalue weighted by Gasteiger charge is 2.24. The van der Waals surface area contributed by atoms with Crippen molar-refractivity contribution in [1.82, 2.24) is 30.2 Å². The predicted octanol–water partition coefficient (Wildman–Crippen LogP) is 0.971. The van der Waals surface area contributed by atoms with E-state index < -0.39 is 17.8 Å². The number of halogens is 1. The number of morpholine rings is 1. The summed E-state index contributed by atoms with van der Waals surface area (Å²) in [6.45, 7) is 1.46. The molecule has 4 aromatic rings. The number of aryl methyl sites for hydroxylation is 1. The molecule has 0 saturated carbocycles. The van der Waals surface area contributed by atoms with Crippen LogP contribution in [0.25, 0.3) is 32.9 Å². The zero-order valence-electron chi connectivity index (χ0n) is 21.6. The van der Waals surface area contributed by atoms with Crippen LogP contribution in [0.2, 0.25) is 0 Å². The Hall–Kier alpha value is -4.52. The molecule has 0 aliphatic carbocycles. The van der Waals surface area contributed by atoms with Crippen LogP contribution in [0.1, 0.15) is 0 Å². The molecule has 1 saturated heterocycles. The normalized spacial score (nSPS) is 13.6. The number of ether oxygens (including phenoxy) is 2. The number of esters is 1. The zero-order chi connectivity index (χ0) is 27.5. The first-order chi connectivity index (χ1) is 18.9. The lowest BCUT2D eigenvalue weighted by Gasteiger charge is -2.27. The number of nitrogens with zero attached hydrogens (tertiary/aromatic N) is 5. The second-order valence-corrected chi connectivity index (χ2v) is 9.07. The number of hydrogen-bond acceptors (Lipinski definition) is 8. The lowest BCUT2D eigenvalue weighted by Crippen LogP contribution is -2.40. The first-order valence-corrected chi connectivity index (χ1v) is 12.4. The number of nitrogens with one attached hydrogen (secondary N) is 2. The number of aromatic nitrogens is 4. The van der Waals surface area contributed by atoms with E-state index in [9.17, 15) is 14.4 Å². The van der Waals surface area contributed by atoms with Crippen LogP contribution in [0, 0.1) is 5.82 Å². The number of carbonyl (C=O) groups excluding carboxylic acids is 3. The summed E-state index contributed by atoms with van der Waals surface area (Å²) in [5.41, 5.74) is 2.47. The van der Waals surface area contributed by atoms with Crippen LogP contribution in [-0.4, -0.2) is 83.8 Å². The molecule has 0 radical (unpaired) electrons. The molecule has 1 fully saturated rings. The number of carbonyl (C=O) groups is 3. The second kappa shape index (κ2) is 11.1. The number of benzene rings is 2. The van der Waals surface area contributed by atoms with Crippen molar-refractivity contribution in [2.75, 3.05) is 51.4 Å². The Morgan fingerprint density at radius 3 is 2.59 bits per heavy atom. The minimum absolute atomic E-state index is 0.169. The zero-order valence-corrected chi connectivity index (χ0v) is 21.6. The lowest BCUT2D eigenvalue weighted by atomic mass is 9.99. The van der Waals surface area contributed by atoms with Crippen LogP contribution < -0.4 is 15.5 Å². The summed E-state index contributed by atoms with van der Waals surface area (Å²) >= 11 is 0. The molecule has 3 heterocycles. The quantitative estimate of drug-likeness (QED) is 0.318. The average Bonchev–Trinajstić information content (AvgIpc) is 3.50. The van der Waals surface area contributed by atoms with Crippen molar-refractivity contribution >= 4 is 45.4 Å². The van der Waals surface area contributed by atoms with Gasteiger partial charge in [0.1, 0.15) is 18.9 Å². The fraction of sp³-hybridized carbons (Fsp3) is 0.346. The van der Waals surface area contributed by atoms with E-state index in [1.165, 1.54) is 13.2 Å². The van der Waals surface area contributed by atoms with Gasteiger partial charge in [0.2, 0.25) is 11.8 Å².